The molecule has 5 nitrogen and oxygen atoms in total. The zero-order chi connectivity index (χ0) is 16.4. The lowest BCUT2D eigenvalue weighted by Crippen LogP contribution is -2.38. The Morgan fingerprint density at radius 1 is 0.955 bits per heavy atom. The third-order valence-electron chi connectivity index (χ3n) is 3.27. The van der Waals surface area contributed by atoms with E-state index in [0.29, 0.717) is 0 Å². The van der Waals surface area contributed by atoms with E-state index in [1.165, 1.54) is 0 Å². The van der Waals surface area contributed by atoms with Gasteiger partial charge in [0, 0.05) is 0 Å². The number of ether oxygens (including phenoxy) is 2. The molecule has 2 rings (SSSR count). The van der Waals surface area contributed by atoms with Crippen molar-refractivity contribution in [1.82, 2.24) is 0 Å². The third-order valence-corrected chi connectivity index (χ3v) is 3.27. The van der Waals surface area contributed by atoms with Crippen molar-refractivity contribution in [2.75, 3.05) is 5.32 Å². The summed E-state index contributed by atoms with van der Waals surface area (Å²) in [6, 6.07) is 0. The first kappa shape index (κ1) is 16.1. The minimum absolute atomic E-state index is 0.0114. The van der Waals surface area contributed by atoms with Crippen molar-refractivity contribution in [2.45, 2.75) is 39.5 Å². The highest BCUT2D eigenvalue weighted by Gasteiger charge is 2.31. The van der Waals surface area contributed by atoms with Crippen molar-refractivity contribution < 1.29 is 32.2 Å². The van der Waals surface area contributed by atoms with E-state index in [9.17, 15) is 22.8 Å². The lowest BCUT2D eigenvalue weighted by Gasteiger charge is -2.25. The SMILES string of the molecule is CCc1c(F)c(F)c(F)c(NC2OC(=O)CC(=O)O2)c1CC. The van der Waals surface area contributed by atoms with Crippen LogP contribution in [0.5, 0.6) is 0 Å². The Morgan fingerprint density at radius 2 is 1.50 bits per heavy atom. The molecule has 0 aliphatic carbocycles. The van der Waals surface area contributed by atoms with Gasteiger partial charge in [0.2, 0.25) is 0 Å². The number of benzene rings is 1. The van der Waals surface area contributed by atoms with E-state index in [0.717, 1.165) is 0 Å². The van der Waals surface area contributed by atoms with Crippen LogP contribution in [0.25, 0.3) is 0 Å². The summed E-state index contributed by atoms with van der Waals surface area (Å²) in [4.78, 5) is 22.3. The van der Waals surface area contributed by atoms with Crippen LogP contribution in [0.3, 0.4) is 0 Å². The second-order valence-electron chi connectivity index (χ2n) is 4.61. The zero-order valence-electron chi connectivity index (χ0n) is 12.0. The monoisotopic (exact) mass is 317 g/mol. The number of cyclic esters (lactones) is 2. The third kappa shape index (κ3) is 2.86. The largest absolute Gasteiger partial charge is 0.406 e. The maximum atomic E-state index is 14.0. The molecule has 22 heavy (non-hydrogen) atoms. The van der Waals surface area contributed by atoms with Gasteiger partial charge in [-0.15, -0.1) is 0 Å². The van der Waals surface area contributed by atoms with E-state index in [1.54, 1.807) is 13.8 Å². The highest BCUT2D eigenvalue weighted by atomic mass is 19.2. The molecule has 1 aliphatic rings. The summed E-state index contributed by atoms with van der Waals surface area (Å²) in [6.07, 6.45) is -1.79. The average Bonchev–Trinajstić information content (AvgIpc) is 2.46. The Balaban J connectivity index is 2.43. The maximum absolute atomic E-state index is 14.0. The minimum Gasteiger partial charge on any atom is -0.406 e. The molecular weight excluding hydrogens is 303 g/mol. The van der Waals surface area contributed by atoms with Gasteiger partial charge >= 0.3 is 18.4 Å². The van der Waals surface area contributed by atoms with Crippen LogP contribution in [0, 0.1) is 17.5 Å². The zero-order valence-corrected chi connectivity index (χ0v) is 12.0. The Labute approximate surface area is 124 Å². The molecule has 0 bridgehead atoms. The van der Waals surface area contributed by atoms with Crippen molar-refractivity contribution >= 4 is 17.6 Å². The first-order valence-corrected chi connectivity index (χ1v) is 6.72. The summed E-state index contributed by atoms with van der Waals surface area (Å²) >= 11 is 0. The molecule has 0 radical (unpaired) electrons. The highest BCUT2D eigenvalue weighted by Crippen LogP contribution is 2.31. The van der Waals surface area contributed by atoms with Crippen LogP contribution >= 0.6 is 0 Å². The van der Waals surface area contributed by atoms with Crippen molar-refractivity contribution in [3.05, 3.63) is 28.6 Å². The van der Waals surface area contributed by atoms with Crippen LogP contribution in [0.1, 0.15) is 31.4 Å². The van der Waals surface area contributed by atoms with Gasteiger partial charge in [0.25, 0.3) is 0 Å². The molecule has 0 unspecified atom stereocenters. The van der Waals surface area contributed by atoms with Gasteiger partial charge in [0.05, 0.1) is 5.69 Å². The van der Waals surface area contributed by atoms with Crippen LogP contribution in [0.4, 0.5) is 18.9 Å². The van der Waals surface area contributed by atoms with Gasteiger partial charge in [-0.2, -0.15) is 0 Å². The summed E-state index contributed by atoms with van der Waals surface area (Å²) in [7, 11) is 0. The van der Waals surface area contributed by atoms with Crippen LogP contribution in [-0.2, 0) is 31.9 Å². The first-order valence-electron chi connectivity index (χ1n) is 6.72. The van der Waals surface area contributed by atoms with Gasteiger partial charge in [-0.05, 0) is 24.0 Å². The van der Waals surface area contributed by atoms with Gasteiger partial charge < -0.3 is 14.8 Å². The Bertz CT molecular complexity index is 617. The molecule has 1 aliphatic heterocycles. The van der Waals surface area contributed by atoms with Gasteiger partial charge in [-0.1, -0.05) is 13.8 Å². The number of carbonyl (C=O) groups is 2. The molecule has 1 saturated heterocycles. The Kier molecular flexibility index (Phi) is 4.58. The molecule has 0 atom stereocenters. The molecule has 1 N–H and O–H groups in total. The van der Waals surface area contributed by atoms with Crippen LogP contribution in [-0.4, -0.2) is 18.4 Å². The number of carbonyl (C=O) groups excluding carboxylic acids is 2. The molecule has 120 valence electrons. The number of nitrogens with one attached hydrogen (secondary N) is 1. The molecule has 1 aromatic carbocycles. The summed E-state index contributed by atoms with van der Waals surface area (Å²) in [5.74, 6) is -6.05. The first-order chi connectivity index (χ1) is 10.4. The number of esters is 2. The standard InChI is InChI=1S/C14H14F3NO4/c1-3-6-7(4-2)13(12(17)11(16)10(6)15)18-14-21-8(19)5-9(20)22-14/h14,18H,3-5H2,1-2H3. The number of anilines is 1. The van der Waals surface area contributed by atoms with E-state index >= 15 is 0 Å². The summed E-state index contributed by atoms with van der Waals surface area (Å²) in [5.41, 5.74) is -0.181. The molecule has 1 fully saturated rings. The van der Waals surface area contributed by atoms with Crippen molar-refractivity contribution in [3.8, 4) is 0 Å². The van der Waals surface area contributed by atoms with E-state index in [1.807, 2.05) is 0 Å². The molecule has 0 aromatic heterocycles. The number of halogens is 3. The Hall–Kier alpha value is -2.25. The smallest absolute Gasteiger partial charge is 0.329 e. The average molecular weight is 317 g/mol. The molecule has 0 saturated carbocycles. The van der Waals surface area contributed by atoms with Gasteiger partial charge in [-0.3, -0.25) is 9.59 Å². The second kappa shape index (κ2) is 6.25. The predicted molar refractivity (Wildman–Crippen MR) is 69.3 cm³/mol. The van der Waals surface area contributed by atoms with Crippen LogP contribution in [0.2, 0.25) is 0 Å². The summed E-state index contributed by atoms with van der Waals surface area (Å²) in [5, 5.41) is 2.30. The Morgan fingerprint density at radius 3 is 2.00 bits per heavy atom. The maximum Gasteiger partial charge on any atom is 0.329 e. The topological polar surface area (TPSA) is 64.6 Å². The van der Waals surface area contributed by atoms with Crippen molar-refractivity contribution in [3.63, 3.8) is 0 Å². The number of hydrogen-bond acceptors (Lipinski definition) is 5. The van der Waals surface area contributed by atoms with Gasteiger partial charge in [0.15, 0.2) is 17.5 Å². The summed E-state index contributed by atoms with van der Waals surface area (Å²) in [6.45, 7) is 3.23. The molecule has 1 heterocycles. The minimum atomic E-state index is -1.63. The van der Waals surface area contributed by atoms with Gasteiger partial charge in [0.1, 0.15) is 6.42 Å². The van der Waals surface area contributed by atoms with Crippen molar-refractivity contribution in [2.24, 2.45) is 0 Å². The van der Waals surface area contributed by atoms with Crippen molar-refractivity contribution in [1.29, 1.82) is 0 Å². The molecule has 0 spiro atoms. The number of rotatable bonds is 4. The molecule has 0 amide bonds. The molecule has 8 heteroatoms. The fraction of sp³-hybridized carbons (Fsp3) is 0.429. The lowest BCUT2D eigenvalue weighted by molar-refractivity contribution is -0.197. The quantitative estimate of drug-likeness (QED) is 0.525. The highest BCUT2D eigenvalue weighted by molar-refractivity contribution is 5.92. The second-order valence-corrected chi connectivity index (χ2v) is 4.61. The van der Waals surface area contributed by atoms with E-state index in [4.69, 9.17) is 0 Å². The fourth-order valence-corrected chi connectivity index (χ4v) is 2.30. The van der Waals surface area contributed by atoms with E-state index in [2.05, 4.69) is 14.8 Å². The van der Waals surface area contributed by atoms with Gasteiger partial charge in [-0.25, -0.2) is 13.2 Å². The molecular formula is C14H14F3NO4. The molecule has 1 aromatic rings. The van der Waals surface area contributed by atoms with E-state index in [-0.39, 0.29) is 29.7 Å². The van der Waals surface area contributed by atoms with Crippen LogP contribution in [0.15, 0.2) is 0 Å². The van der Waals surface area contributed by atoms with Crippen LogP contribution < -0.4 is 5.32 Å². The van der Waals surface area contributed by atoms with E-state index < -0.39 is 42.2 Å². The summed E-state index contributed by atoms with van der Waals surface area (Å²) < 4.78 is 50.8. The predicted octanol–water partition coefficient (Wildman–Crippen LogP) is 2.41. The normalized spacial score (nSPS) is 15.5. The lowest BCUT2D eigenvalue weighted by atomic mass is 9.99. The number of hydrogen-bond donors (Lipinski definition) is 1. The fourth-order valence-electron chi connectivity index (χ4n) is 2.30.